The molecule has 1 N–H and O–H groups in total. The van der Waals surface area contributed by atoms with Gasteiger partial charge in [0.2, 0.25) is 5.95 Å². The summed E-state index contributed by atoms with van der Waals surface area (Å²) in [6.07, 6.45) is 0.198. The summed E-state index contributed by atoms with van der Waals surface area (Å²) in [5.74, 6) is -0.463. The first-order valence-electron chi connectivity index (χ1n) is 14.6. The fourth-order valence-corrected chi connectivity index (χ4v) is 6.44. The smallest absolute Gasteiger partial charge is 0.419 e. The predicted octanol–water partition coefficient (Wildman–Crippen LogP) is 8.10. The van der Waals surface area contributed by atoms with Crippen LogP contribution in [0.1, 0.15) is 39.2 Å². The first-order chi connectivity index (χ1) is 20.5. The van der Waals surface area contributed by atoms with Gasteiger partial charge in [-0.1, -0.05) is 19.6 Å². The zero-order valence-corrected chi connectivity index (χ0v) is 28.1. The summed E-state index contributed by atoms with van der Waals surface area (Å²) in [7, 11) is -1.37. The Morgan fingerprint density at radius 1 is 1.20 bits per heavy atom. The van der Waals surface area contributed by atoms with Crippen LogP contribution < -0.4 is 5.32 Å². The third-order valence-electron chi connectivity index (χ3n) is 7.13. The standard InChI is InChI=1S/C30H41F4N5O3SSi/c1-29(2,3)42-28(40)38-12-8-9-19(16-38)36-27-35-15-22(30(32,33)34)24(37-27)21-17-39(18-41-13-14-44(5,6)7)25-20(21)10-11-23(31)26(25)43-4/h10-11,15,17,19H,8-9,12-14,16,18H2,1-7H3,(H,35,36,37)/t19-/m0/s1. The van der Waals surface area contributed by atoms with Gasteiger partial charge in [-0.2, -0.15) is 13.2 Å². The Balaban J connectivity index is 1.71. The first kappa shape index (κ1) is 34.0. The maximum atomic E-state index is 14.9. The highest BCUT2D eigenvalue weighted by Gasteiger charge is 2.37. The molecule has 1 aromatic carbocycles. The minimum Gasteiger partial charge on any atom is -0.444 e. The van der Waals surface area contributed by atoms with Gasteiger partial charge in [0, 0.05) is 57.2 Å². The molecular formula is C30H41F4N5O3SSi. The molecule has 4 rings (SSSR count). The van der Waals surface area contributed by atoms with E-state index < -0.39 is 37.3 Å². The number of halogens is 4. The van der Waals surface area contributed by atoms with Crippen LogP contribution >= 0.6 is 11.8 Å². The van der Waals surface area contributed by atoms with Crippen LogP contribution in [0.25, 0.3) is 22.2 Å². The third-order valence-corrected chi connectivity index (χ3v) is 9.63. The van der Waals surface area contributed by atoms with Crippen molar-refractivity contribution >= 4 is 42.8 Å². The lowest BCUT2D eigenvalue weighted by atomic mass is 10.1. The zero-order chi connectivity index (χ0) is 32.4. The average molecular weight is 656 g/mol. The van der Waals surface area contributed by atoms with Crippen LogP contribution in [0, 0.1) is 5.82 Å². The molecule has 3 heterocycles. The molecule has 1 atom stereocenters. The number of hydrogen-bond donors (Lipinski definition) is 1. The highest BCUT2D eigenvalue weighted by molar-refractivity contribution is 7.98. The van der Waals surface area contributed by atoms with Gasteiger partial charge in [0.1, 0.15) is 23.7 Å². The molecular weight excluding hydrogens is 615 g/mol. The second-order valence-corrected chi connectivity index (χ2v) is 19.6. The van der Waals surface area contributed by atoms with Crippen molar-refractivity contribution in [1.82, 2.24) is 19.4 Å². The Bertz CT molecular complexity index is 1490. The lowest BCUT2D eigenvalue weighted by molar-refractivity contribution is -0.137. The number of piperidine rings is 1. The third kappa shape index (κ3) is 8.45. The van der Waals surface area contributed by atoms with E-state index in [1.165, 1.54) is 23.9 Å². The van der Waals surface area contributed by atoms with E-state index in [4.69, 9.17) is 9.47 Å². The molecule has 242 valence electrons. The second kappa shape index (κ2) is 13.3. The summed E-state index contributed by atoms with van der Waals surface area (Å²) in [5.41, 5.74) is -1.33. The minimum absolute atomic E-state index is 0.00327. The van der Waals surface area contributed by atoms with Gasteiger partial charge in [0.05, 0.1) is 16.1 Å². The number of thioether (sulfide) groups is 1. The molecule has 1 saturated heterocycles. The zero-order valence-electron chi connectivity index (χ0n) is 26.3. The Kier molecular flexibility index (Phi) is 10.3. The number of amides is 1. The Morgan fingerprint density at radius 2 is 1.93 bits per heavy atom. The number of carbonyl (C=O) groups excluding carboxylic acids is 1. The van der Waals surface area contributed by atoms with E-state index in [1.54, 1.807) is 42.7 Å². The first-order valence-corrected chi connectivity index (χ1v) is 19.5. The molecule has 1 amide bonds. The van der Waals surface area contributed by atoms with Crippen molar-refractivity contribution < 1.29 is 31.8 Å². The largest absolute Gasteiger partial charge is 0.444 e. The molecule has 1 fully saturated rings. The number of alkyl halides is 3. The van der Waals surface area contributed by atoms with Crippen molar-refractivity contribution in [2.24, 2.45) is 0 Å². The van der Waals surface area contributed by atoms with Gasteiger partial charge >= 0.3 is 12.3 Å². The summed E-state index contributed by atoms with van der Waals surface area (Å²) >= 11 is 1.18. The Labute approximate surface area is 260 Å². The molecule has 0 unspecified atom stereocenters. The van der Waals surface area contributed by atoms with E-state index in [-0.39, 0.29) is 30.0 Å². The summed E-state index contributed by atoms with van der Waals surface area (Å²) in [4.78, 5) is 22.9. The molecule has 0 saturated carbocycles. The predicted molar refractivity (Wildman–Crippen MR) is 168 cm³/mol. The van der Waals surface area contributed by atoms with E-state index in [9.17, 15) is 22.4 Å². The van der Waals surface area contributed by atoms with Crippen molar-refractivity contribution in [3.8, 4) is 11.3 Å². The van der Waals surface area contributed by atoms with Crippen LogP contribution in [0.2, 0.25) is 25.7 Å². The maximum absolute atomic E-state index is 14.9. The Hall–Kier alpha value is -2.84. The fraction of sp³-hybridized carbons (Fsp3) is 0.567. The van der Waals surface area contributed by atoms with Crippen molar-refractivity contribution in [3.05, 3.63) is 35.9 Å². The van der Waals surface area contributed by atoms with Crippen LogP contribution in [-0.4, -0.2) is 71.2 Å². The molecule has 0 spiro atoms. The number of rotatable bonds is 9. The highest BCUT2D eigenvalue weighted by atomic mass is 32.2. The van der Waals surface area contributed by atoms with Gasteiger partial charge in [-0.15, -0.1) is 11.8 Å². The fourth-order valence-electron chi connectivity index (χ4n) is 5.00. The number of carbonyl (C=O) groups is 1. The number of anilines is 1. The molecule has 1 aliphatic heterocycles. The quantitative estimate of drug-likeness (QED) is 0.108. The van der Waals surface area contributed by atoms with Gasteiger partial charge in [-0.05, 0) is 58.0 Å². The average Bonchev–Trinajstić information content (AvgIpc) is 3.27. The molecule has 14 heteroatoms. The number of aromatic nitrogens is 3. The molecule has 0 aliphatic carbocycles. The molecule has 44 heavy (non-hydrogen) atoms. The number of ether oxygens (including phenoxy) is 2. The Morgan fingerprint density at radius 3 is 2.57 bits per heavy atom. The maximum Gasteiger partial charge on any atom is 0.419 e. The van der Waals surface area contributed by atoms with E-state index >= 15 is 0 Å². The molecule has 2 aromatic heterocycles. The van der Waals surface area contributed by atoms with Crippen LogP contribution in [0.3, 0.4) is 0 Å². The van der Waals surface area contributed by atoms with Crippen LogP contribution in [0.5, 0.6) is 0 Å². The lowest BCUT2D eigenvalue weighted by Crippen LogP contribution is -2.47. The van der Waals surface area contributed by atoms with Gasteiger partial charge in [-0.25, -0.2) is 19.2 Å². The molecule has 3 aromatic rings. The van der Waals surface area contributed by atoms with Crippen LogP contribution in [-0.2, 0) is 22.4 Å². The van der Waals surface area contributed by atoms with Crippen molar-refractivity contribution in [2.75, 3.05) is 31.3 Å². The molecule has 0 bridgehead atoms. The molecule has 1 aliphatic rings. The molecule has 8 nitrogen and oxygen atoms in total. The van der Waals surface area contributed by atoms with E-state index in [1.807, 2.05) is 0 Å². The van der Waals surface area contributed by atoms with E-state index in [0.717, 1.165) is 12.2 Å². The summed E-state index contributed by atoms with van der Waals surface area (Å²) in [6, 6.07) is 3.36. The summed E-state index contributed by atoms with van der Waals surface area (Å²) in [5, 5.41) is 3.55. The molecule has 0 radical (unpaired) electrons. The van der Waals surface area contributed by atoms with Crippen molar-refractivity contribution in [3.63, 3.8) is 0 Å². The van der Waals surface area contributed by atoms with Gasteiger partial charge in [0.15, 0.2) is 0 Å². The number of likely N-dealkylation sites (tertiary alicyclic amines) is 1. The number of hydrogen-bond acceptors (Lipinski definition) is 7. The normalized spacial score (nSPS) is 16.4. The van der Waals surface area contributed by atoms with Crippen molar-refractivity contribution in [2.45, 2.75) is 88.7 Å². The number of fused-ring (bicyclic) bond motifs is 1. The lowest BCUT2D eigenvalue weighted by Gasteiger charge is -2.34. The SMILES string of the molecule is CSc1c(F)ccc2c(-c3nc(N[C@H]4CCCN(C(=O)OC(C)(C)C)C4)ncc3C(F)(F)F)cn(COCC[Si](C)(C)C)c12. The monoisotopic (exact) mass is 655 g/mol. The van der Waals surface area contributed by atoms with Gasteiger partial charge in [0.25, 0.3) is 0 Å². The van der Waals surface area contributed by atoms with Crippen LogP contribution in [0.15, 0.2) is 29.4 Å². The number of nitrogens with zero attached hydrogens (tertiary/aromatic N) is 4. The number of nitrogens with one attached hydrogen (secondary N) is 1. The minimum atomic E-state index is -4.74. The van der Waals surface area contributed by atoms with Gasteiger partial charge in [-0.3, -0.25) is 0 Å². The number of benzene rings is 1. The van der Waals surface area contributed by atoms with E-state index in [2.05, 4.69) is 34.9 Å². The van der Waals surface area contributed by atoms with Gasteiger partial charge < -0.3 is 24.3 Å². The summed E-state index contributed by atoms with van der Waals surface area (Å²) in [6.45, 7) is 13.4. The topological polar surface area (TPSA) is 81.5 Å². The highest BCUT2D eigenvalue weighted by Crippen LogP contribution is 2.42. The second-order valence-electron chi connectivity index (χ2n) is 13.2. The van der Waals surface area contributed by atoms with Crippen LogP contribution in [0.4, 0.5) is 28.3 Å². The summed E-state index contributed by atoms with van der Waals surface area (Å²) < 4.78 is 71.0. The van der Waals surface area contributed by atoms with E-state index in [0.29, 0.717) is 48.3 Å². The van der Waals surface area contributed by atoms with Crippen molar-refractivity contribution in [1.29, 1.82) is 0 Å².